The van der Waals surface area contributed by atoms with Crippen molar-refractivity contribution in [2.45, 2.75) is 32.2 Å². The third-order valence-electron chi connectivity index (χ3n) is 4.21. The number of alkyl carbamates (subject to hydrolysis) is 1. The smallest absolute Gasteiger partial charge is 0.408 e. The second-order valence-corrected chi connectivity index (χ2v) is 5.88. The molecule has 5 heteroatoms. The van der Waals surface area contributed by atoms with Gasteiger partial charge in [0.1, 0.15) is 12.6 Å². The number of ether oxygens (including phenoxy) is 1. The Balaban J connectivity index is 1.48. The fourth-order valence-electron chi connectivity index (χ4n) is 2.76. The maximum Gasteiger partial charge on any atom is 0.408 e. The van der Waals surface area contributed by atoms with E-state index in [1.807, 2.05) is 67.6 Å². The summed E-state index contributed by atoms with van der Waals surface area (Å²) in [5.41, 5.74) is 1.98. The number of carbonyl (C=O) groups is 2. The summed E-state index contributed by atoms with van der Waals surface area (Å²) in [5.74, 6) is -0.0805. The predicted octanol–water partition coefficient (Wildman–Crippen LogP) is 2.71. The van der Waals surface area contributed by atoms with E-state index in [9.17, 15) is 9.59 Å². The van der Waals surface area contributed by atoms with Crippen LogP contribution in [-0.4, -0.2) is 29.0 Å². The van der Waals surface area contributed by atoms with Crippen LogP contribution >= 0.6 is 0 Å². The highest BCUT2D eigenvalue weighted by Crippen LogP contribution is 2.22. The number of rotatable bonds is 5. The molecule has 0 spiro atoms. The van der Waals surface area contributed by atoms with E-state index in [1.165, 1.54) is 0 Å². The van der Waals surface area contributed by atoms with Gasteiger partial charge >= 0.3 is 6.09 Å². The van der Waals surface area contributed by atoms with Crippen molar-refractivity contribution in [2.24, 2.45) is 0 Å². The van der Waals surface area contributed by atoms with E-state index in [2.05, 4.69) is 5.32 Å². The molecule has 2 aromatic rings. The van der Waals surface area contributed by atoms with Crippen molar-refractivity contribution in [1.82, 2.24) is 10.2 Å². The fourth-order valence-corrected chi connectivity index (χ4v) is 2.76. The number of benzene rings is 2. The molecule has 124 valence electrons. The van der Waals surface area contributed by atoms with Crippen LogP contribution in [0.4, 0.5) is 4.79 Å². The minimum Gasteiger partial charge on any atom is -0.445 e. The van der Waals surface area contributed by atoms with E-state index >= 15 is 0 Å². The molecule has 3 rings (SSSR count). The molecule has 2 amide bonds. The molecule has 5 nitrogen and oxygen atoms in total. The van der Waals surface area contributed by atoms with Gasteiger partial charge in [-0.1, -0.05) is 60.7 Å². The second kappa shape index (κ2) is 7.17. The van der Waals surface area contributed by atoms with Gasteiger partial charge in [0.2, 0.25) is 5.91 Å². The van der Waals surface area contributed by atoms with Crippen molar-refractivity contribution in [1.29, 1.82) is 0 Å². The van der Waals surface area contributed by atoms with Gasteiger partial charge in [-0.2, -0.15) is 0 Å². The molecule has 1 fully saturated rings. The van der Waals surface area contributed by atoms with E-state index < -0.39 is 12.1 Å². The van der Waals surface area contributed by atoms with Gasteiger partial charge in [-0.25, -0.2) is 4.79 Å². The average molecular weight is 324 g/mol. The lowest BCUT2D eigenvalue weighted by molar-refractivity contribution is -0.150. The quantitative estimate of drug-likeness (QED) is 0.860. The first-order chi connectivity index (χ1) is 11.6. The summed E-state index contributed by atoms with van der Waals surface area (Å²) < 4.78 is 5.16. The van der Waals surface area contributed by atoms with Crippen molar-refractivity contribution < 1.29 is 14.3 Å². The van der Waals surface area contributed by atoms with E-state index in [4.69, 9.17) is 4.74 Å². The molecule has 0 unspecified atom stereocenters. The fraction of sp³-hybridized carbons (Fsp3) is 0.263. The van der Waals surface area contributed by atoms with Crippen LogP contribution in [0.1, 0.15) is 18.1 Å². The van der Waals surface area contributed by atoms with Gasteiger partial charge < -0.3 is 15.0 Å². The second-order valence-electron chi connectivity index (χ2n) is 5.88. The summed E-state index contributed by atoms with van der Waals surface area (Å²) in [5, 5.41) is 2.65. The molecule has 0 aliphatic carbocycles. The number of hydrogen-bond acceptors (Lipinski definition) is 3. The van der Waals surface area contributed by atoms with Gasteiger partial charge in [0, 0.05) is 6.54 Å². The monoisotopic (exact) mass is 324 g/mol. The maximum atomic E-state index is 12.2. The molecular formula is C19H20N2O3. The van der Waals surface area contributed by atoms with Gasteiger partial charge in [-0.3, -0.25) is 4.79 Å². The molecule has 0 saturated carbocycles. The van der Waals surface area contributed by atoms with Gasteiger partial charge in [0.15, 0.2) is 0 Å². The Morgan fingerprint density at radius 1 is 1.04 bits per heavy atom. The highest BCUT2D eigenvalue weighted by molar-refractivity contribution is 5.92. The number of hydrogen-bond donors (Lipinski definition) is 1. The zero-order valence-electron chi connectivity index (χ0n) is 13.5. The lowest BCUT2D eigenvalue weighted by Crippen LogP contribution is -2.69. The summed E-state index contributed by atoms with van der Waals surface area (Å²) in [6.45, 7) is 2.67. The standard InChI is InChI=1S/C19H20N2O3/c1-14-17(18(22)21(14)12-15-8-4-2-5-9-15)20-19(23)24-13-16-10-6-3-7-11-16/h2-11,14,17H,12-13H2,1H3,(H,20,23)/t14-,17+/m0/s1. The molecular weight excluding hydrogens is 304 g/mol. The largest absolute Gasteiger partial charge is 0.445 e. The zero-order chi connectivity index (χ0) is 16.9. The van der Waals surface area contributed by atoms with Crippen LogP contribution in [0.2, 0.25) is 0 Å². The van der Waals surface area contributed by atoms with Crippen LogP contribution in [0.5, 0.6) is 0 Å². The normalized spacial score (nSPS) is 19.5. The number of amides is 2. The molecule has 1 aliphatic rings. The van der Waals surface area contributed by atoms with Crippen LogP contribution in [0, 0.1) is 0 Å². The SMILES string of the molecule is C[C@H]1[C@@H](NC(=O)OCc2ccccc2)C(=O)N1Cc1ccccc1. The molecule has 2 atom stereocenters. The summed E-state index contributed by atoms with van der Waals surface area (Å²) in [4.78, 5) is 25.9. The topological polar surface area (TPSA) is 58.6 Å². The molecule has 2 aromatic carbocycles. The molecule has 1 saturated heterocycles. The molecule has 1 aliphatic heterocycles. The summed E-state index contributed by atoms with van der Waals surface area (Å²) in [6, 6.07) is 18.7. The molecule has 0 bridgehead atoms. The lowest BCUT2D eigenvalue weighted by Gasteiger charge is -2.45. The lowest BCUT2D eigenvalue weighted by atomic mass is 9.96. The minimum absolute atomic E-state index is 0.0537. The van der Waals surface area contributed by atoms with Gasteiger partial charge in [0.25, 0.3) is 0 Å². The molecule has 1 heterocycles. The highest BCUT2D eigenvalue weighted by Gasteiger charge is 2.45. The predicted molar refractivity (Wildman–Crippen MR) is 90.0 cm³/mol. The Morgan fingerprint density at radius 3 is 2.21 bits per heavy atom. The Labute approximate surface area is 141 Å². The maximum absolute atomic E-state index is 12.2. The number of β-lactam (4-membered cyclic amide) rings is 1. The van der Waals surface area contributed by atoms with Gasteiger partial charge in [-0.05, 0) is 18.1 Å². The highest BCUT2D eigenvalue weighted by atomic mass is 16.5. The van der Waals surface area contributed by atoms with Crippen LogP contribution in [0.25, 0.3) is 0 Å². The Bertz CT molecular complexity index is 703. The molecule has 0 radical (unpaired) electrons. The summed E-state index contributed by atoms with van der Waals surface area (Å²) in [7, 11) is 0. The van der Waals surface area contributed by atoms with E-state index in [0.717, 1.165) is 11.1 Å². The van der Waals surface area contributed by atoms with Gasteiger partial charge in [0.05, 0.1) is 6.04 Å². The summed E-state index contributed by atoms with van der Waals surface area (Å²) >= 11 is 0. The summed E-state index contributed by atoms with van der Waals surface area (Å²) in [6.07, 6.45) is -0.566. The van der Waals surface area contributed by atoms with E-state index in [-0.39, 0.29) is 18.6 Å². The third-order valence-corrected chi connectivity index (χ3v) is 4.21. The first-order valence-corrected chi connectivity index (χ1v) is 7.97. The van der Waals surface area contributed by atoms with E-state index in [0.29, 0.717) is 6.54 Å². The van der Waals surface area contributed by atoms with Crippen molar-refractivity contribution in [3.8, 4) is 0 Å². The van der Waals surface area contributed by atoms with Crippen molar-refractivity contribution in [3.63, 3.8) is 0 Å². The van der Waals surface area contributed by atoms with Crippen LogP contribution in [-0.2, 0) is 22.7 Å². The van der Waals surface area contributed by atoms with Crippen LogP contribution in [0.3, 0.4) is 0 Å². The molecule has 0 aromatic heterocycles. The number of likely N-dealkylation sites (tertiary alicyclic amines) is 1. The number of carbonyl (C=O) groups excluding carboxylic acids is 2. The Hall–Kier alpha value is -2.82. The third kappa shape index (κ3) is 3.56. The zero-order valence-corrected chi connectivity index (χ0v) is 13.5. The minimum atomic E-state index is -0.566. The van der Waals surface area contributed by atoms with E-state index in [1.54, 1.807) is 4.90 Å². The number of nitrogens with zero attached hydrogens (tertiary/aromatic N) is 1. The molecule has 1 N–H and O–H groups in total. The first-order valence-electron chi connectivity index (χ1n) is 7.97. The van der Waals surface area contributed by atoms with Gasteiger partial charge in [-0.15, -0.1) is 0 Å². The average Bonchev–Trinajstić information content (AvgIpc) is 2.64. The van der Waals surface area contributed by atoms with Crippen molar-refractivity contribution >= 4 is 12.0 Å². The molecule has 24 heavy (non-hydrogen) atoms. The number of nitrogens with one attached hydrogen (secondary N) is 1. The Morgan fingerprint density at radius 2 is 1.62 bits per heavy atom. The first kappa shape index (κ1) is 16.1. The van der Waals surface area contributed by atoms with Crippen LogP contribution < -0.4 is 5.32 Å². The van der Waals surface area contributed by atoms with Crippen molar-refractivity contribution in [3.05, 3.63) is 71.8 Å². The van der Waals surface area contributed by atoms with Crippen LogP contribution in [0.15, 0.2) is 60.7 Å². The van der Waals surface area contributed by atoms with Crippen molar-refractivity contribution in [2.75, 3.05) is 0 Å². The Kier molecular flexibility index (Phi) is 4.79.